The van der Waals surface area contributed by atoms with Gasteiger partial charge in [0.05, 0.1) is 33.3 Å². The third-order valence-corrected chi connectivity index (χ3v) is 11.6. The Bertz CT molecular complexity index is 2790. The molecule has 0 aliphatic heterocycles. The van der Waals surface area contributed by atoms with Gasteiger partial charge in [-0.2, -0.15) is 0 Å². The van der Waals surface area contributed by atoms with Crippen LogP contribution in [0, 0.1) is 0 Å². The minimum atomic E-state index is 0.0179. The van der Waals surface area contributed by atoms with Crippen LogP contribution in [0.25, 0.3) is 54.5 Å². The topological polar surface area (TPSA) is 90.2 Å². The number of nitrogens with zero attached hydrogens (tertiary/aromatic N) is 7. The smallest absolute Gasteiger partial charge is 0.134 e. The maximum Gasteiger partial charge on any atom is 0.134 e. The molecule has 0 amide bonds. The largest absolute Gasteiger partial charge is 0.260 e. The molecule has 5 aromatic heterocycles. The molecule has 7 nitrogen and oxygen atoms in total. The van der Waals surface area contributed by atoms with Gasteiger partial charge in [0, 0.05) is 79.4 Å². The summed E-state index contributed by atoms with van der Waals surface area (Å²) in [6.45, 7) is 52.5. The third-order valence-electron chi connectivity index (χ3n) is 11.6. The first-order valence-corrected chi connectivity index (χ1v) is 29.4. The molecule has 0 unspecified atom stereocenters. The highest BCUT2D eigenvalue weighted by atomic mass is 14.9. The maximum atomic E-state index is 4.65. The average Bonchev–Trinajstić information content (AvgIpc) is 3.46. The summed E-state index contributed by atoms with van der Waals surface area (Å²) >= 11 is 0. The highest BCUT2D eigenvalue weighted by Crippen LogP contribution is 2.27. The lowest BCUT2D eigenvalue weighted by Crippen LogP contribution is -2.15. The van der Waals surface area contributed by atoms with Crippen LogP contribution in [0.3, 0.4) is 0 Å². The van der Waals surface area contributed by atoms with E-state index in [1.165, 1.54) is 27.1 Å². The zero-order valence-corrected chi connectivity index (χ0v) is 54.3. The van der Waals surface area contributed by atoms with Crippen molar-refractivity contribution in [2.24, 2.45) is 0 Å². The first kappa shape index (κ1) is 71.0. The van der Waals surface area contributed by atoms with Gasteiger partial charge in [-0.15, -0.1) is 0 Å². The lowest BCUT2D eigenvalue weighted by Gasteiger charge is -2.18. The first-order valence-electron chi connectivity index (χ1n) is 29.4. The number of aromatic nitrogens is 7. The van der Waals surface area contributed by atoms with Crippen LogP contribution in [0.5, 0.6) is 0 Å². The fourth-order valence-corrected chi connectivity index (χ4v) is 7.11. The molecule has 0 N–H and O–H groups in total. The number of para-hydroxylation sites is 5. The molecule has 430 valence electrons. The highest BCUT2D eigenvalue weighted by Gasteiger charge is 2.19. The Balaban J connectivity index is 0.000000480. The van der Waals surface area contributed by atoms with Crippen LogP contribution >= 0.6 is 0 Å². The monoisotopic (exact) mass is 1080 g/mol. The molecule has 0 fully saturated rings. The lowest BCUT2D eigenvalue weighted by molar-refractivity contribution is 0.548. The molecule has 0 bridgehead atoms. The minimum absolute atomic E-state index is 0.0179. The summed E-state index contributed by atoms with van der Waals surface area (Å²) in [6.07, 6.45) is 7.68. The van der Waals surface area contributed by atoms with Gasteiger partial charge in [-0.1, -0.05) is 270 Å². The van der Waals surface area contributed by atoms with Crippen LogP contribution in [0.1, 0.15) is 202 Å². The van der Waals surface area contributed by atoms with Crippen molar-refractivity contribution in [3.63, 3.8) is 0 Å². The van der Waals surface area contributed by atoms with Gasteiger partial charge in [-0.25, -0.2) is 15.0 Å². The van der Waals surface area contributed by atoms with E-state index < -0.39 is 0 Å². The van der Waals surface area contributed by atoms with Crippen LogP contribution in [-0.2, 0) is 27.1 Å². The standard InChI is InChI=1S/3C13H15N.2C12H14N2.5C2H6/c1-13(2,3)11-8-10-6-4-5-7-12(10)14-9-11;1-13(2,3)12-8-10-6-4-5-7-11(10)9-14-12;1-13(2,3)12-9-8-10-6-4-5-7-11(10)14-12;1-12(2,3)11-8-13-9-6-4-5-7-10(9)14-11;1-12(2,3)11-13-8-9-6-4-5-7-10(9)14-11;5*1-2/h3*4-9H,1-3H3;2*4-8H,1-3H3;5*1-2H3. The number of hydrogen-bond acceptors (Lipinski definition) is 7. The lowest BCUT2D eigenvalue weighted by atomic mass is 9.88. The van der Waals surface area contributed by atoms with Crippen LogP contribution in [0.4, 0.5) is 0 Å². The van der Waals surface area contributed by atoms with Gasteiger partial charge in [0.2, 0.25) is 0 Å². The summed E-state index contributed by atoms with van der Waals surface area (Å²) in [6, 6.07) is 49.4. The van der Waals surface area contributed by atoms with Crippen molar-refractivity contribution in [1.82, 2.24) is 34.9 Å². The zero-order chi connectivity index (χ0) is 60.9. The van der Waals surface area contributed by atoms with E-state index in [-0.39, 0.29) is 27.1 Å². The van der Waals surface area contributed by atoms with Gasteiger partial charge in [0.25, 0.3) is 0 Å². The van der Waals surface area contributed by atoms with Gasteiger partial charge in [0.1, 0.15) is 5.82 Å². The second-order valence-electron chi connectivity index (χ2n) is 23.0. The highest BCUT2D eigenvalue weighted by molar-refractivity contribution is 5.82. The molecule has 0 radical (unpaired) electrons. The summed E-state index contributed by atoms with van der Waals surface area (Å²) in [5.41, 5.74) is 10.2. The second kappa shape index (κ2) is 34.2. The molecular weight excluding hydrogens is 975 g/mol. The molecule has 0 saturated heterocycles. The van der Waals surface area contributed by atoms with Crippen LogP contribution in [0.15, 0.2) is 170 Å². The van der Waals surface area contributed by atoms with E-state index >= 15 is 0 Å². The van der Waals surface area contributed by atoms with Crippen molar-refractivity contribution in [3.05, 3.63) is 199 Å². The molecule has 80 heavy (non-hydrogen) atoms. The number of fused-ring (bicyclic) bond motifs is 5. The fraction of sp³-hybridized carbons (Fsp3) is 0.411. The predicted octanol–water partition coefficient (Wildman–Crippen LogP) is 21.6. The molecule has 0 aliphatic rings. The normalized spacial score (nSPS) is 10.8. The molecule has 0 saturated carbocycles. The number of rotatable bonds is 0. The van der Waals surface area contributed by atoms with Crippen molar-refractivity contribution in [2.75, 3.05) is 0 Å². The summed E-state index contributed by atoms with van der Waals surface area (Å²) in [5.74, 6) is 0.899. The zero-order valence-electron chi connectivity index (χ0n) is 54.3. The van der Waals surface area contributed by atoms with E-state index in [1.54, 1.807) is 0 Å². The van der Waals surface area contributed by atoms with Gasteiger partial charge >= 0.3 is 0 Å². The third kappa shape index (κ3) is 23.0. The number of benzene rings is 5. The van der Waals surface area contributed by atoms with E-state index in [4.69, 9.17) is 0 Å². The Morgan fingerprint density at radius 1 is 0.237 bits per heavy atom. The van der Waals surface area contributed by atoms with E-state index in [2.05, 4.69) is 205 Å². The van der Waals surface area contributed by atoms with Gasteiger partial charge in [-0.05, 0) is 64.9 Å². The van der Waals surface area contributed by atoms with E-state index in [1.807, 2.05) is 173 Å². The van der Waals surface area contributed by atoms with Crippen molar-refractivity contribution >= 4 is 54.5 Å². The van der Waals surface area contributed by atoms with Crippen molar-refractivity contribution < 1.29 is 0 Å². The first-order chi connectivity index (χ1) is 37.9. The van der Waals surface area contributed by atoms with E-state index in [9.17, 15) is 0 Å². The van der Waals surface area contributed by atoms with Crippen LogP contribution in [-0.4, -0.2) is 34.9 Å². The Labute approximate surface area is 486 Å². The summed E-state index contributed by atoms with van der Waals surface area (Å²) in [4.78, 5) is 31.4. The average molecular weight is 1080 g/mol. The molecule has 5 aromatic carbocycles. The van der Waals surface area contributed by atoms with E-state index in [0.29, 0.717) is 0 Å². The number of hydrogen-bond donors (Lipinski definition) is 0. The summed E-state index contributed by atoms with van der Waals surface area (Å²) < 4.78 is 0. The van der Waals surface area contributed by atoms with Gasteiger partial charge < -0.3 is 0 Å². The molecule has 0 atom stereocenters. The maximum absolute atomic E-state index is 4.65. The fourth-order valence-electron chi connectivity index (χ4n) is 7.11. The number of pyridine rings is 3. The quantitative estimate of drug-likeness (QED) is 0.149. The molecule has 10 rings (SSSR count). The Morgan fingerprint density at radius 3 is 1.15 bits per heavy atom. The molecule has 7 heteroatoms. The SMILES string of the molecule is CC.CC.CC.CC.CC.CC(C)(C)c1cc2ccccc2cn1.CC(C)(C)c1ccc2ccccc2n1.CC(C)(C)c1cnc2ccccc2c1.CC(C)(C)c1cnc2ccccc2n1.CC(C)(C)c1ncc2ccccc2n1. The Kier molecular flexibility index (Phi) is 30.4. The molecule has 0 spiro atoms. The molecule has 10 aromatic rings. The summed E-state index contributed by atoms with van der Waals surface area (Å²) in [5, 5.41) is 6.01. The Hall–Kier alpha value is -6.99. The van der Waals surface area contributed by atoms with Gasteiger partial charge in [0.15, 0.2) is 0 Å². The molecular formula is C73H103N7. The van der Waals surface area contributed by atoms with Crippen molar-refractivity contribution in [3.8, 4) is 0 Å². The second-order valence-corrected chi connectivity index (χ2v) is 23.0. The molecule has 5 heterocycles. The predicted molar refractivity (Wildman–Crippen MR) is 355 cm³/mol. The van der Waals surface area contributed by atoms with Crippen molar-refractivity contribution in [2.45, 2.75) is 200 Å². The van der Waals surface area contributed by atoms with E-state index in [0.717, 1.165) is 55.9 Å². The van der Waals surface area contributed by atoms with Crippen LogP contribution < -0.4 is 0 Å². The van der Waals surface area contributed by atoms with Crippen molar-refractivity contribution in [1.29, 1.82) is 0 Å². The molecule has 0 aliphatic carbocycles. The summed E-state index contributed by atoms with van der Waals surface area (Å²) in [7, 11) is 0. The Morgan fingerprint density at radius 2 is 0.637 bits per heavy atom. The van der Waals surface area contributed by atoms with Gasteiger partial charge in [-0.3, -0.25) is 19.9 Å². The van der Waals surface area contributed by atoms with Crippen LogP contribution in [0.2, 0.25) is 0 Å². The minimum Gasteiger partial charge on any atom is -0.260 e.